The fraction of sp³-hybridized carbons (Fsp3) is 0.750. The molecular formula is C8H17N5S. The van der Waals surface area contributed by atoms with Gasteiger partial charge < -0.3 is 11.1 Å². The summed E-state index contributed by atoms with van der Waals surface area (Å²) in [4.78, 5) is 0. The van der Waals surface area contributed by atoms with E-state index in [0.717, 1.165) is 13.1 Å². The van der Waals surface area contributed by atoms with Crippen molar-refractivity contribution in [3.05, 3.63) is 0 Å². The van der Waals surface area contributed by atoms with E-state index in [1.807, 2.05) is 0 Å². The second-order valence-electron chi connectivity index (χ2n) is 2.90. The molecule has 0 aromatic carbocycles. The standard InChI is InChI=1S/C6H14N4S.C2H3N/c7-6(11)10-9-5-2-1-3-8-4-5;1-2-3/h5,8-9H,1-4H2,(H3,7,10,11);1H3. The van der Waals surface area contributed by atoms with E-state index in [-0.39, 0.29) is 0 Å². The normalized spacial score (nSPS) is 19.9. The molecule has 0 aliphatic carbocycles. The summed E-state index contributed by atoms with van der Waals surface area (Å²) >= 11 is 4.65. The monoisotopic (exact) mass is 215 g/mol. The highest BCUT2D eigenvalue weighted by Crippen LogP contribution is 1.99. The van der Waals surface area contributed by atoms with Crippen LogP contribution in [0.5, 0.6) is 0 Å². The van der Waals surface area contributed by atoms with Crippen LogP contribution in [-0.4, -0.2) is 24.2 Å². The van der Waals surface area contributed by atoms with E-state index < -0.39 is 0 Å². The largest absolute Gasteiger partial charge is 0.375 e. The van der Waals surface area contributed by atoms with Gasteiger partial charge >= 0.3 is 0 Å². The zero-order valence-electron chi connectivity index (χ0n) is 8.34. The van der Waals surface area contributed by atoms with Gasteiger partial charge in [-0.15, -0.1) is 0 Å². The molecule has 1 unspecified atom stereocenters. The SMILES string of the molecule is CC#N.NC(=S)NNC1CCCNC1. The summed E-state index contributed by atoms with van der Waals surface area (Å²) in [7, 11) is 0. The van der Waals surface area contributed by atoms with Crippen LogP contribution in [0.3, 0.4) is 0 Å². The Hall–Kier alpha value is -0.900. The summed E-state index contributed by atoms with van der Waals surface area (Å²) in [6, 6.07) is 2.20. The highest BCUT2D eigenvalue weighted by molar-refractivity contribution is 7.80. The molecule has 0 spiro atoms. The van der Waals surface area contributed by atoms with E-state index in [9.17, 15) is 0 Å². The van der Waals surface area contributed by atoms with E-state index in [4.69, 9.17) is 11.0 Å². The summed E-state index contributed by atoms with van der Waals surface area (Å²) in [5.74, 6) is 0. The minimum absolute atomic E-state index is 0.301. The topological polar surface area (TPSA) is 85.9 Å². The molecule has 5 nitrogen and oxygen atoms in total. The Morgan fingerprint density at radius 3 is 2.79 bits per heavy atom. The smallest absolute Gasteiger partial charge is 0.178 e. The number of hydrogen-bond acceptors (Lipinski definition) is 4. The molecule has 5 N–H and O–H groups in total. The van der Waals surface area contributed by atoms with Crippen LogP contribution in [-0.2, 0) is 0 Å². The molecule has 0 saturated carbocycles. The van der Waals surface area contributed by atoms with Crippen LogP contribution in [0.2, 0.25) is 0 Å². The number of piperidine rings is 1. The average molecular weight is 215 g/mol. The maximum absolute atomic E-state index is 7.32. The number of nitriles is 1. The lowest BCUT2D eigenvalue weighted by Crippen LogP contribution is -2.52. The van der Waals surface area contributed by atoms with Gasteiger partial charge in [0.15, 0.2) is 5.11 Å². The zero-order chi connectivity index (χ0) is 10.8. The molecule has 1 rings (SSSR count). The fourth-order valence-corrected chi connectivity index (χ4v) is 1.21. The molecule has 0 radical (unpaired) electrons. The maximum atomic E-state index is 7.32. The molecule has 1 fully saturated rings. The molecular weight excluding hydrogens is 198 g/mol. The van der Waals surface area contributed by atoms with Crippen LogP contribution in [0.15, 0.2) is 0 Å². The van der Waals surface area contributed by atoms with Crippen molar-refractivity contribution in [3.63, 3.8) is 0 Å². The summed E-state index contributed by atoms with van der Waals surface area (Å²) < 4.78 is 0. The third-order valence-corrected chi connectivity index (χ3v) is 1.80. The lowest BCUT2D eigenvalue weighted by atomic mass is 10.1. The molecule has 6 heteroatoms. The lowest BCUT2D eigenvalue weighted by molar-refractivity contribution is 0.378. The molecule has 0 bridgehead atoms. The van der Waals surface area contributed by atoms with Gasteiger partial charge in [-0.25, -0.2) is 5.43 Å². The molecule has 1 atom stereocenters. The Morgan fingerprint density at radius 2 is 2.36 bits per heavy atom. The first-order valence-corrected chi connectivity index (χ1v) is 4.94. The first-order chi connectivity index (χ1) is 6.70. The minimum atomic E-state index is 0.301. The quantitative estimate of drug-likeness (QED) is 0.371. The Labute approximate surface area is 90.0 Å². The number of nitrogens with one attached hydrogen (secondary N) is 3. The van der Waals surface area contributed by atoms with E-state index in [0.29, 0.717) is 11.2 Å². The first kappa shape index (κ1) is 13.1. The average Bonchev–Trinajstić information content (AvgIpc) is 2.18. The van der Waals surface area contributed by atoms with E-state index >= 15 is 0 Å². The van der Waals surface area contributed by atoms with Crippen LogP contribution >= 0.6 is 12.2 Å². The highest BCUT2D eigenvalue weighted by atomic mass is 32.1. The molecule has 1 aliphatic heterocycles. The lowest BCUT2D eigenvalue weighted by Gasteiger charge is -2.23. The molecule has 14 heavy (non-hydrogen) atoms. The highest BCUT2D eigenvalue weighted by Gasteiger charge is 2.11. The molecule has 1 heterocycles. The Bertz CT molecular complexity index is 194. The van der Waals surface area contributed by atoms with Crippen molar-refractivity contribution in [1.82, 2.24) is 16.2 Å². The van der Waals surface area contributed by atoms with Crippen molar-refractivity contribution in [2.24, 2.45) is 5.73 Å². The zero-order valence-corrected chi connectivity index (χ0v) is 9.16. The molecule has 0 aromatic heterocycles. The third kappa shape index (κ3) is 7.73. The molecule has 1 aliphatic rings. The fourth-order valence-electron chi connectivity index (χ4n) is 1.15. The molecule has 0 aromatic rings. The Balaban J connectivity index is 0.000000500. The number of hydrogen-bond donors (Lipinski definition) is 4. The van der Waals surface area contributed by atoms with E-state index in [1.54, 1.807) is 6.07 Å². The predicted molar refractivity (Wildman–Crippen MR) is 60.2 cm³/mol. The number of thiocarbonyl (C=S) groups is 1. The van der Waals surface area contributed by atoms with Crippen molar-refractivity contribution >= 4 is 17.3 Å². The van der Waals surface area contributed by atoms with Gasteiger partial charge in [0.2, 0.25) is 0 Å². The van der Waals surface area contributed by atoms with Crippen LogP contribution in [0.1, 0.15) is 19.8 Å². The van der Waals surface area contributed by atoms with Gasteiger partial charge in [0, 0.05) is 19.5 Å². The maximum Gasteiger partial charge on any atom is 0.178 e. The van der Waals surface area contributed by atoms with Crippen LogP contribution in [0.4, 0.5) is 0 Å². The number of nitrogens with zero attached hydrogens (tertiary/aromatic N) is 1. The first-order valence-electron chi connectivity index (χ1n) is 4.53. The minimum Gasteiger partial charge on any atom is -0.375 e. The Kier molecular flexibility index (Phi) is 8.13. The van der Waals surface area contributed by atoms with E-state index in [1.165, 1.54) is 19.8 Å². The summed E-state index contributed by atoms with van der Waals surface area (Å²) in [6.07, 6.45) is 2.37. The van der Waals surface area contributed by atoms with Crippen molar-refractivity contribution in [3.8, 4) is 6.07 Å². The second-order valence-corrected chi connectivity index (χ2v) is 3.34. The van der Waals surface area contributed by atoms with Crippen molar-refractivity contribution in [2.45, 2.75) is 25.8 Å². The van der Waals surface area contributed by atoms with Crippen LogP contribution in [0.25, 0.3) is 0 Å². The van der Waals surface area contributed by atoms with Crippen molar-refractivity contribution in [2.75, 3.05) is 13.1 Å². The van der Waals surface area contributed by atoms with Crippen LogP contribution < -0.4 is 21.9 Å². The summed E-state index contributed by atoms with van der Waals surface area (Å²) in [5, 5.41) is 10.9. The number of rotatable bonds is 2. The molecule has 1 saturated heterocycles. The van der Waals surface area contributed by atoms with Crippen LogP contribution in [0, 0.1) is 11.3 Å². The second kappa shape index (κ2) is 8.69. The van der Waals surface area contributed by atoms with Gasteiger partial charge in [-0.1, -0.05) is 0 Å². The van der Waals surface area contributed by atoms with Crippen molar-refractivity contribution < 1.29 is 0 Å². The number of hydrazine groups is 1. The number of nitrogens with two attached hydrogens (primary N) is 1. The van der Waals surface area contributed by atoms with Crippen molar-refractivity contribution in [1.29, 1.82) is 5.26 Å². The van der Waals surface area contributed by atoms with E-state index in [2.05, 4.69) is 28.4 Å². The van der Waals surface area contributed by atoms with Gasteiger partial charge in [0.05, 0.1) is 6.07 Å². The summed E-state index contributed by atoms with van der Waals surface area (Å²) in [6.45, 7) is 3.53. The van der Waals surface area contributed by atoms with Gasteiger partial charge in [0.1, 0.15) is 0 Å². The van der Waals surface area contributed by atoms with Gasteiger partial charge in [-0.05, 0) is 31.6 Å². The Morgan fingerprint density at radius 1 is 1.71 bits per heavy atom. The van der Waals surface area contributed by atoms with Gasteiger partial charge in [-0.2, -0.15) is 5.26 Å². The molecule has 80 valence electrons. The predicted octanol–water partition coefficient (Wildman–Crippen LogP) is -0.394. The molecule has 0 amide bonds. The van der Waals surface area contributed by atoms with Gasteiger partial charge in [-0.3, -0.25) is 5.43 Å². The third-order valence-electron chi connectivity index (χ3n) is 1.70. The van der Waals surface area contributed by atoms with Gasteiger partial charge in [0.25, 0.3) is 0 Å². The summed E-state index contributed by atoms with van der Waals surface area (Å²) in [5.41, 5.74) is 11.0.